The van der Waals surface area contributed by atoms with Crippen molar-refractivity contribution in [1.29, 1.82) is 0 Å². The van der Waals surface area contributed by atoms with Crippen LogP contribution < -0.4 is 10.6 Å². The van der Waals surface area contributed by atoms with E-state index in [1.165, 1.54) is 6.07 Å². The molecule has 7 nitrogen and oxygen atoms in total. The van der Waals surface area contributed by atoms with E-state index in [0.29, 0.717) is 30.2 Å². The topological polar surface area (TPSA) is 100 Å². The highest BCUT2D eigenvalue weighted by molar-refractivity contribution is 6.99. The molecule has 3 aromatic rings. The molecule has 2 heterocycles. The minimum atomic E-state index is -0.122. The number of benzene rings is 1. The number of hydrogen-bond donors (Lipinski definition) is 3. The summed E-state index contributed by atoms with van der Waals surface area (Å²) in [5, 5.41) is 16.1. The number of rotatable bonds is 6. The van der Waals surface area contributed by atoms with Gasteiger partial charge >= 0.3 is 0 Å². The first-order valence-corrected chi connectivity index (χ1v) is 7.56. The van der Waals surface area contributed by atoms with Crippen LogP contribution in [0.1, 0.15) is 21.9 Å². The third kappa shape index (κ3) is 3.32. The van der Waals surface area contributed by atoms with Crippen LogP contribution in [-0.4, -0.2) is 20.1 Å². The molecule has 0 unspecified atom stereocenters. The van der Waals surface area contributed by atoms with Crippen molar-refractivity contribution in [2.75, 3.05) is 10.6 Å². The maximum Gasteiger partial charge on any atom is 0.188 e. The minimum Gasteiger partial charge on any atom is -0.505 e. The van der Waals surface area contributed by atoms with E-state index in [1.807, 2.05) is 19.1 Å². The number of nitrogens with zero attached hydrogens (tertiary/aromatic N) is 2. The molecule has 0 spiro atoms. The normalized spacial score (nSPS) is 10.5. The van der Waals surface area contributed by atoms with Gasteiger partial charge in [0.2, 0.25) is 0 Å². The predicted octanol–water partition coefficient (Wildman–Crippen LogP) is 3.31. The molecule has 23 heavy (non-hydrogen) atoms. The van der Waals surface area contributed by atoms with E-state index in [0.717, 1.165) is 23.2 Å². The summed E-state index contributed by atoms with van der Waals surface area (Å²) in [6.07, 6.45) is 0.595. The number of nitrogens with one attached hydrogen (secondary N) is 2. The van der Waals surface area contributed by atoms with Crippen LogP contribution in [0.5, 0.6) is 5.75 Å². The Kier molecular flexibility index (Phi) is 4.24. The van der Waals surface area contributed by atoms with Gasteiger partial charge in [0.25, 0.3) is 0 Å². The highest BCUT2D eigenvalue weighted by Gasteiger charge is 2.12. The number of hydrogen-bond acceptors (Lipinski definition) is 8. The maximum atomic E-state index is 10.9. The van der Waals surface area contributed by atoms with Crippen molar-refractivity contribution < 1.29 is 14.3 Å². The Labute approximate surface area is 136 Å². The van der Waals surface area contributed by atoms with Gasteiger partial charge in [-0.15, -0.1) is 0 Å². The van der Waals surface area contributed by atoms with Crippen LogP contribution in [-0.2, 0) is 6.54 Å². The zero-order valence-electron chi connectivity index (χ0n) is 12.2. The Morgan fingerprint density at radius 3 is 2.83 bits per heavy atom. The third-order valence-corrected chi connectivity index (χ3v) is 3.69. The molecule has 0 saturated carbocycles. The lowest BCUT2D eigenvalue weighted by Crippen LogP contribution is -2.02. The first-order chi connectivity index (χ1) is 11.2. The molecule has 0 amide bonds. The number of aromatic nitrogens is 2. The average Bonchev–Trinajstić information content (AvgIpc) is 3.16. The second-order valence-electron chi connectivity index (χ2n) is 4.81. The molecule has 0 saturated heterocycles. The number of carbonyl (C=O) groups is 1. The average molecular weight is 330 g/mol. The standard InChI is InChI=1S/C15H14N4O3S/c1-9-5-6-11(22-9)7-16-14-15(19-23-18-14)17-12-4-2-3-10(8-20)13(12)21/h2-6,8,21H,7H2,1H3,(H,16,18)(H,17,19). The molecule has 3 rings (SSSR count). The second kappa shape index (κ2) is 6.49. The number of aromatic hydroxyl groups is 1. The summed E-state index contributed by atoms with van der Waals surface area (Å²) in [7, 11) is 0. The summed E-state index contributed by atoms with van der Waals surface area (Å²) < 4.78 is 13.8. The number of phenols is 1. The molecule has 0 radical (unpaired) electrons. The molecular weight excluding hydrogens is 316 g/mol. The van der Waals surface area contributed by atoms with Gasteiger partial charge in [-0.1, -0.05) is 6.07 Å². The fraction of sp³-hybridized carbons (Fsp3) is 0.133. The maximum absolute atomic E-state index is 10.9. The largest absolute Gasteiger partial charge is 0.505 e. The number of aldehydes is 1. The van der Waals surface area contributed by atoms with Crippen LogP contribution in [0.2, 0.25) is 0 Å². The van der Waals surface area contributed by atoms with Gasteiger partial charge in [0.1, 0.15) is 17.3 Å². The lowest BCUT2D eigenvalue weighted by molar-refractivity contribution is 0.112. The molecule has 2 aromatic heterocycles. The summed E-state index contributed by atoms with van der Waals surface area (Å²) in [5.41, 5.74) is 0.595. The van der Waals surface area contributed by atoms with Crippen LogP contribution >= 0.6 is 11.7 Å². The molecular formula is C15H14N4O3S. The Morgan fingerprint density at radius 2 is 2.09 bits per heavy atom. The molecule has 0 bridgehead atoms. The van der Waals surface area contributed by atoms with Crippen LogP contribution in [0.3, 0.4) is 0 Å². The van der Waals surface area contributed by atoms with Gasteiger partial charge < -0.3 is 20.2 Å². The summed E-state index contributed by atoms with van der Waals surface area (Å²) in [4.78, 5) is 10.9. The van der Waals surface area contributed by atoms with Crippen LogP contribution in [0.15, 0.2) is 34.7 Å². The Morgan fingerprint density at radius 1 is 1.26 bits per heavy atom. The monoisotopic (exact) mass is 330 g/mol. The lowest BCUT2D eigenvalue weighted by Gasteiger charge is -2.09. The van der Waals surface area contributed by atoms with Crippen molar-refractivity contribution in [3.8, 4) is 5.75 Å². The van der Waals surface area contributed by atoms with Gasteiger partial charge in [-0.2, -0.15) is 8.75 Å². The lowest BCUT2D eigenvalue weighted by atomic mass is 10.2. The van der Waals surface area contributed by atoms with E-state index >= 15 is 0 Å². The summed E-state index contributed by atoms with van der Waals surface area (Å²) >= 11 is 1.03. The van der Waals surface area contributed by atoms with Crippen LogP contribution in [0, 0.1) is 6.92 Å². The van der Waals surface area contributed by atoms with E-state index < -0.39 is 0 Å². The second-order valence-corrected chi connectivity index (χ2v) is 5.34. The summed E-state index contributed by atoms with van der Waals surface area (Å²) in [6, 6.07) is 8.63. The fourth-order valence-electron chi connectivity index (χ4n) is 2.02. The number of furan rings is 1. The van der Waals surface area contributed by atoms with Gasteiger partial charge in [-0.05, 0) is 31.2 Å². The Hall–Kier alpha value is -2.87. The highest BCUT2D eigenvalue weighted by Crippen LogP contribution is 2.31. The van der Waals surface area contributed by atoms with Gasteiger partial charge in [-0.25, -0.2) is 0 Å². The van der Waals surface area contributed by atoms with Crippen molar-refractivity contribution in [3.63, 3.8) is 0 Å². The predicted molar refractivity (Wildman–Crippen MR) is 87.5 cm³/mol. The SMILES string of the molecule is Cc1ccc(CNc2nsnc2Nc2cccc(C=O)c2O)o1. The van der Waals surface area contributed by atoms with Gasteiger partial charge in [0.05, 0.1) is 29.5 Å². The number of carbonyl (C=O) groups excluding carboxylic acids is 1. The van der Waals surface area contributed by atoms with Crippen molar-refractivity contribution in [1.82, 2.24) is 8.75 Å². The summed E-state index contributed by atoms with van der Waals surface area (Å²) in [6.45, 7) is 2.35. The van der Waals surface area contributed by atoms with Gasteiger partial charge in [0.15, 0.2) is 17.9 Å². The quantitative estimate of drug-likeness (QED) is 0.471. The van der Waals surface area contributed by atoms with E-state index in [4.69, 9.17) is 4.42 Å². The molecule has 0 aliphatic rings. The van der Waals surface area contributed by atoms with Crippen molar-refractivity contribution in [2.45, 2.75) is 13.5 Å². The smallest absolute Gasteiger partial charge is 0.188 e. The number of anilines is 3. The Bertz CT molecular complexity index is 828. The fourth-order valence-corrected chi connectivity index (χ4v) is 2.51. The van der Waals surface area contributed by atoms with E-state index in [9.17, 15) is 9.90 Å². The molecule has 3 N–H and O–H groups in total. The number of aryl methyl sites for hydroxylation is 1. The minimum absolute atomic E-state index is 0.122. The van der Waals surface area contributed by atoms with Gasteiger partial charge in [-0.3, -0.25) is 4.79 Å². The zero-order chi connectivity index (χ0) is 16.2. The van der Waals surface area contributed by atoms with Gasteiger partial charge in [0, 0.05) is 0 Å². The van der Waals surface area contributed by atoms with E-state index in [2.05, 4.69) is 19.4 Å². The molecule has 1 aromatic carbocycles. The number of para-hydroxylation sites is 1. The van der Waals surface area contributed by atoms with Crippen molar-refractivity contribution in [2.24, 2.45) is 0 Å². The Balaban J connectivity index is 1.75. The third-order valence-electron chi connectivity index (χ3n) is 3.16. The highest BCUT2D eigenvalue weighted by atomic mass is 32.1. The molecule has 0 aliphatic heterocycles. The molecule has 0 atom stereocenters. The van der Waals surface area contributed by atoms with Crippen LogP contribution in [0.4, 0.5) is 17.3 Å². The molecule has 0 fully saturated rings. The zero-order valence-corrected chi connectivity index (χ0v) is 13.1. The van der Waals surface area contributed by atoms with Crippen LogP contribution in [0.25, 0.3) is 0 Å². The summed E-state index contributed by atoms with van der Waals surface area (Å²) in [5.74, 6) is 2.51. The molecule has 118 valence electrons. The number of phenolic OH excluding ortho intramolecular Hbond substituents is 1. The molecule has 0 aliphatic carbocycles. The first-order valence-electron chi connectivity index (χ1n) is 6.83. The van der Waals surface area contributed by atoms with E-state index in [1.54, 1.807) is 12.1 Å². The van der Waals surface area contributed by atoms with Crippen molar-refractivity contribution >= 4 is 35.3 Å². The van der Waals surface area contributed by atoms with Crippen molar-refractivity contribution in [3.05, 3.63) is 47.4 Å². The molecule has 8 heteroatoms. The first kappa shape index (κ1) is 15.0. The van der Waals surface area contributed by atoms with E-state index in [-0.39, 0.29) is 11.3 Å².